The van der Waals surface area contributed by atoms with Gasteiger partial charge in [0.2, 0.25) is 0 Å². The lowest BCUT2D eigenvalue weighted by Gasteiger charge is -2.19. The van der Waals surface area contributed by atoms with E-state index < -0.39 is 0 Å². The van der Waals surface area contributed by atoms with Crippen LogP contribution in [0.25, 0.3) is 0 Å². The maximum atomic E-state index is 6.07. The number of benzene rings is 1. The van der Waals surface area contributed by atoms with Crippen LogP contribution in [0.5, 0.6) is 5.75 Å². The van der Waals surface area contributed by atoms with Crippen LogP contribution >= 0.6 is 0 Å². The minimum atomic E-state index is 0.272. The van der Waals surface area contributed by atoms with Crippen molar-refractivity contribution in [1.82, 2.24) is 0 Å². The van der Waals surface area contributed by atoms with Gasteiger partial charge in [-0.3, -0.25) is 0 Å². The number of unbranched alkanes of at least 4 members (excludes halogenated alkanes) is 3. The molecule has 2 heteroatoms. The number of ether oxygens (including phenoxy) is 1. The number of hydrogen-bond acceptors (Lipinski definition) is 2. The largest absolute Gasteiger partial charge is 0.490 e. The van der Waals surface area contributed by atoms with Crippen molar-refractivity contribution >= 4 is 0 Å². The molecular weight excluding hydrogens is 222 g/mol. The van der Waals surface area contributed by atoms with E-state index in [9.17, 15) is 0 Å². The van der Waals surface area contributed by atoms with Crippen LogP contribution in [0.1, 0.15) is 57.1 Å². The van der Waals surface area contributed by atoms with Gasteiger partial charge in [-0.15, -0.1) is 0 Å². The van der Waals surface area contributed by atoms with Crippen molar-refractivity contribution in [3.05, 3.63) is 29.3 Å². The molecule has 0 bridgehead atoms. The predicted octanol–water partition coefficient (Wildman–Crippen LogP) is 4.19. The SMILES string of the molecule is CCCCCCC(C)Oc1c(C)cccc1CN. The van der Waals surface area contributed by atoms with Crippen molar-refractivity contribution in [3.63, 3.8) is 0 Å². The number of aryl methyl sites for hydroxylation is 1. The van der Waals surface area contributed by atoms with Crippen molar-refractivity contribution in [2.75, 3.05) is 0 Å². The molecule has 1 aromatic carbocycles. The fraction of sp³-hybridized carbons (Fsp3) is 0.625. The molecule has 1 rings (SSSR count). The van der Waals surface area contributed by atoms with E-state index in [-0.39, 0.29) is 6.10 Å². The molecule has 0 saturated heterocycles. The van der Waals surface area contributed by atoms with E-state index in [1.165, 1.54) is 31.2 Å². The molecule has 102 valence electrons. The topological polar surface area (TPSA) is 35.2 Å². The molecular formula is C16H27NO. The van der Waals surface area contributed by atoms with E-state index in [1.807, 2.05) is 12.1 Å². The molecule has 2 N–H and O–H groups in total. The third-order valence-electron chi connectivity index (χ3n) is 3.30. The molecule has 0 aliphatic carbocycles. The van der Waals surface area contributed by atoms with Gasteiger partial charge in [-0.1, -0.05) is 44.4 Å². The Kier molecular flexibility index (Phi) is 6.81. The molecule has 0 saturated carbocycles. The third kappa shape index (κ3) is 4.69. The van der Waals surface area contributed by atoms with E-state index in [1.54, 1.807) is 0 Å². The van der Waals surface area contributed by atoms with Crippen molar-refractivity contribution in [3.8, 4) is 5.75 Å². The fourth-order valence-corrected chi connectivity index (χ4v) is 2.16. The van der Waals surface area contributed by atoms with Crippen molar-refractivity contribution < 1.29 is 4.74 Å². The molecule has 1 unspecified atom stereocenters. The quantitative estimate of drug-likeness (QED) is 0.701. The fourth-order valence-electron chi connectivity index (χ4n) is 2.16. The van der Waals surface area contributed by atoms with E-state index in [4.69, 9.17) is 10.5 Å². The minimum absolute atomic E-state index is 0.272. The first kappa shape index (κ1) is 15.0. The van der Waals surface area contributed by atoms with Crippen LogP contribution in [-0.2, 0) is 6.54 Å². The summed E-state index contributed by atoms with van der Waals surface area (Å²) in [6, 6.07) is 6.17. The first-order valence-corrected chi connectivity index (χ1v) is 7.14. The summed E-state index contributed by atoms with van der Waals surface area (Å²) >= 11 is 0. The Hall–Kier alpha value is -1.02. The summed E-state index contributed by atoms with van der Waals surface area (Å²) in [6.07, 6.45) is 6.56. The van der Waals surface area contributed by atoms with Gasteiger partial charge in [-0.2, -0.15) is 0 Å². The van der Waals surface area contributed by atoms with Crippen LogP contribution in [0.15, 0.2) is 18.2 Å². The summed E-state index contributed by atoms with van der Waals surface area (Å²) in [5.41, 5.74) is 8.04. The van der Waals surface area contributed by atoms with Gasteiger partial charge in [0.15, 0.2) is 0 Å². The summed E-state index contributed by atoms with van der Waals surface area (Å²) in [5.74, 6) is 0.989. The van der Waals surface area contributed by atoms with Crippen molar-refractivity contribution in [1.29, 1.82) is 0 Å². The maximum absolute atomic E-state index is 6.07. The first-order chi connectivity index (χ1) is 8.69. The lowest BCUT2D eigenvalue weighted by Crippen LogP contribution is -2.14. The Morgan fingerprint density at radius 2 is 2.00 bits per heavy atom. The van der Waals surface area contributed by atoms with E-state index in [2.05, 4.69) is 26.8 Å². The molecule has 2 nitrogen and oxygen atoms in total. The van der Waals surface area contributed by atoms with Crippen LogP contribution in [-0.4, -0.2) is 6.10 Å². The van der Waals surface area contributed by atoms with Gasteiger partial charge in [0.1, 0.15) is 5.75 Å². The normalized spacial score (nSPS) is 12.4. The summed E-state index contributed by atoms with van der Waals surface area (Å²) in [6.45, 7) is 7.01. The molecule has 0 aliphatic rings. The second-order valence-electron chi connectivity index (χ2n) is 5.05. The van der Waals surface area contributed by atoms with Gasteiger partial charge >= 0.3 is 0 Å². The number of para-hydroxylation sites is 1. The summed E-state index contributed by atoms with van der Waals surface area (Å²) < 4.78 is 6.07. The summed E-state index contributed by atoms with van der Waals surface area (Å²) in [5, 5.41) is 0. The van der Waals surface area contributed by atoms with Gasteiger partial charge in [0.25, 0.3) is 0 Å². The Morgan fingerprint density at radius 3 is 2.67 bits per heavy atom. The Labute approximate surface area is 112 Å². The second-order valence-corrected chi connectivity index (χ2v) is 5.05. The highest BCUT2D eigenvalue weighted by Crippen LogP contribution is 2.25. The van der Waals surface area contributed by atoms with E-state index in [0.717, 1.165) is 17.7 Å². The van der Waals surface area contributed by atoms with Gasteiger partial charge < -0.3 is 10.5 Å². The van der Waals surface area contributed by atoms with Gasteiger partial charge in [-0.05, 0) is 32.3 Å². The maximum Gasteiger partial charge on any atom is 0.127 e. The summed E-state index contributed by atoms with van der Waals surface area (Å²) in [7, 11) is 0. The van der Waals surface area contributed by atoms with Crippen LogP contribution < -0.4 is 10.5 Å². The molecule has 1 atom stereocenters. The van der Waals surface area contributed by atoms with Crippen molar-refractivity contribution in [2.45, 2.75) is 65.5 Å². The lowest BCUT2D eigenvalue weighted by molar-refractivity contribution is 0.203. The van der Waals surface area contributed by atoms with Crippen LogP contribution in [0.3, 0.4) is 0 Å². The van der Waals surface area contributed by atoms with Crippen LogP contribution in [0, 0.1) is 6.92 Å². The standard InChI is InChI=1S/C16H27NO/c1-4-5-6-7-10-14(3)18-16-13(2)9-8-11-15(16)12-17/h8-9,11,14H,4-7,10,12,17H2,1-3H3. The van der Waals surface area contributed by atoms with Gasteiger partial charge in [-0.25, -0.2) is 0 Å². The average molecular weight is 249 g/mol. The zero-order valence-corrected chi connectivity index (χ0v) is 12.0. The summed E-state index contributed by atoms with van der Waals surface area (Å²) in [4.78, 5) is 0. The zero-order chi connectivity index (χ0) is 13.4. The Balaban J connectivity index is 2.50. The molecule has 0 radical (unpaired) electrons. The van der Waals surface area contributed by atoms with E-state index in [0.29, 0.717) is 6.54 Å². The first-order valence-electron chi connectivity index (χ1n) is 7.14. The number of rotatable bonds is 8. The van der Waals surface area contributed by atoms with Gasteiger partial charge in [0, 0.05) is 12.1 Å². The highest BCUT2D eigenvalue weighted by Gasteiger charge is 2.09. The monoisotopic (exact) mass is 249 g/mol. The third-order valence-corrected chi connectivity index (χ3v) is 3.30. The van der Waals surface area contributed by atoms with E-state index >= 15 is 0 Å². The van der Waals surface area contributed by atoms with Crippen LogP contribution in [0.2, 0.25) is 0 Å². The molecule has 0 amide bonds. The smallest absolute Gasteiger partial charge is 0.127 e. The highest BCUT2D eigenvalue weighted by molar-refractivity contribution is 5.40. The van der Waals surface area contributed by atoms with Gasteiger partial charge in [0.05, 0.1) is 6.10 Å². The Morgan fingerprint density at radius 1 is 1.22 bits per heavy atom. The minimum Gasteiger partial charge on any atom is -0.490 e. The number of hydrogen-bond donors (Lipinski definition) is 1. The lowest BCUT2D eigenvalue weighted by atomic mass is 10.1. The predicted molar refractivity (Wildman–Crippen MR) is 77.9 cm³/mol. The highest BCUT2D eigenvalue weighted by atomic mass is 16.5. The number of nitrogens with two attached hydrogens (primary N) is 1. The molecule has 1 aromatic rings. The molecule has 0 fully saturated rings. The molecule has 18 heavy (non-hydrogen) atoms. The second kappa shape index (κ2) is 8.15. The molecule has 0 aliphatic heterocycles. The zero-order valence-electron chi connectivity index (χ0n) is 12.0. The molecule has 0 spiro atoms. The van der Waals surface area contributed by atoms with Crippen molar-refractivity contribution in [2.24, 2.45) is 5.73 Å². The average Bonchev–Trinajstić information content (AvgIpc) is 2.37. The molecule has 0 heterocycles. The molecule has 0 aromatic heterocycles. The van der Waals surface area contributed by atoms with Crippen LogP contribution in [0.4, 0.5) is 0 Å². The Bertz CT molecular complexity index is 349.